The van der Waals surface area contributed by atoms with Gasteiger partial charge in [0.1, 0.15) is 0 Å². The third kappa shape index (κ3) is 5.29. The number of benzene rings is 2. The Hall–Kier alpha value is -1.93. The predicted octanol–water partition coefficient (Wildman–Crippen LogP) is 3.09. The zero-order valence-corrected chi connectivity index (χ0v) is 19.1. The van der Waals surface area contributed by atoms with Crippen LogP contribution in [0.5, 0.6) is 0 Å². The van der Waals surface area contributed by atoms with E-state index in [2.05, 4.69) is 11.0 Å². The molecule has 1 unspecified atom stereocenters. The van der Waals surface area contributed by atoms with E-state index in [0.29, 0.717) is 31.1 Å². The highest BCUT2D eigenvalue weighted by atomic mass is 35.5. The zero-order chi connectivity index (χ0) is 21.8. The molecule has 0 N–H and O–H groups in total. The number of likely N-dealkylation sites (tertiary alicyclic amines) is 1. The van der Waals surface area contributed by atoms with Crippen LogP contribution in [0, 0.1) is 5.92 Å². The molecule has 0 bridgehead atoms. The SMILES string of the molecule is O=C(C1CCCN(Cc2cccc(Cl)c2)C1)N1CCN(S(=O)(=O)c2ccccc2)CC1. The summed E-state index contributed by atoms with van der Waals surface area (Å²) < 4.78 is 27.1. The lowest BCUT2D eigenvalue weighted by Gasteiger charge is -2.38. The van der Waals surface area contributed by atoms with Crippen LogP contribution in [-0.2, 0) is 21.4 Å². The quantitative estimate of drug-likeness (QED) is 0.686. The number of hydrogen-bond donors (Lipinski definition) is 0. The standard InChI is InChI=1S/C23H28ClN3O3S/c24-21-8-4-6-19(16-21)17-25-11-5-7-20(18-25)23(28)26-12-14-27(15-13-26)31(29,30)22-9-2-1-3-10-22/h1-4,6,8-10,16,20H,5,7,11-15,17-18H2. The van der Waals surface area contributed by atoms with Crippen molar-refractivity contribution in [2.45, 2.75) is 24.3 Å². The number of halogens is 1. The van der Waals surface area contributed by atoms with E-state index in [0.717, 1.165) is 43.1 Å². The molecule has 2 heterocycles. The van der Waals surface area contributed by atoms with E-state index in [1.165, 1.54) is 4.31 Å². The maximum atomic E-state index is 13.1. The number of hydrogen-bond acceptors (Lipinski definition) is 4. The van der Waals surface area contributed by atoms with Gasteiger partial charge in [-0.15, -0.1) is 0 Å². The fraction of sp³-hybridized carbons (Fsp3) is 0.435. The van der Waals surface area contributed by atoms with Crippen LogP contribution < -0.4 is 0 Å². The van der Waals surface area contributed by atoms with E-state index in [1.807, 2.05) is 23.1 Å². The smallest absolute Gasteiger partial charge is 0.243 e. The number of amides is 1. The Morgan fingerprint density at radius 2 is 1.71 bits per heavy atom. The minimum atomic E-state index is -3.51. The van der Waals surface area contributed by atoms with Crippen molar-refractivity contribution in [1.29, 1.82) is 0 Å². The fourth-order valence-electron chi connectivity index (χ4n) is 4.44. The second-order valence-electron chi connectivity index (χ2n) is 8.25. The average Bonchev–Trinajstić information content (AvgIpc) is 2.79. The summed E-state index contributed by atoms with van der Waals surface area (Å²) in [5.41, 5.74) is 1.15. The van der Waals surface area contributed by atoms with Crippen LogP contribution in [0.2, 0.25) is 5.02 Å². The third-order valence-corrected chi connectivity index (χ3v) is 8.23. The Labute approximate surface area is 189 Å². The molecule has 0 aromatic heterocycles. The van der Waals surface area contributed by atoms with Crippen molar-refractivity contribution in [3.8, 4) is 0 Å². The van der Waals surface area contributed by atoms with E-state index >= 15 is 0 Å². The normalized spacial score (nSPS) is 21.2. The van der Waals surface area contributed by atoms with Gasteiger partial charge in [0.2, 0.25) is 15.9 Å². The molecule has 2 aromatic rings. The number of rotatable bonds is 5. The summed E-state index contributed by atoms with van der Waals surface area (Å²) in [6.07, 6.45) is 1.87. The molecule has 2 fully saturated rings. The summed E-state index contributed by atoms with van der Waals surface area (Å²) in [5.74, 6) is 0.109. The molecule has 8 heteroatoms. The fourth-order valence-corrected chi connectivity index (χ4v) is 6.10. The Kier molecular flexibility index (Phi) is 6.96. The van der Waals surface area contributed by atoms with Crippen molar-refractivity contribution in [2.75, 3.05) is 39.3 Å². The number of nitrogens with zero attached hydrogens (tertiary/aromatic N) is 3. The molecule has 0 radical (unpaired) electrons. The molecule has 31 heavy (non-hydrogen) atoms. The van der Waals surface area contributed by atoms with Gasteiger partial charge in [-0.3, -0.25) is 9.69 Å². The summed E-state index contributed by atoms with van der Waals surface area (Å²) in [6.45, 7) is 4.04. The van der Waals surface area contributed by atoms with Crippen molar-refractivity contribution in [2.24, 2.45) is 5.92 Å². The summed E-state index contributed by atoms with van der Waals surface area (Å²) in [6, 6.07) is 16.3. The maximum absolute atomic E-state index is 13.1. The number of piperidine rings is 1. The molecular weight excluding hydrogens is 434 g/mol. The van der Waals surface area contributed by atoms with Gasteiger partial charge < -0.3 is 4.90 Å². The van der Waals surface area contributed by atoms with Gasteiger partial charge in [-0.2, -0.15) is 4.31 Å². The molecule has 0 spiro atoms. The lowest BCUT2D eigenvalue weighted by Crippen LogP contribution is -2.53. The number of carbonyl (C=O) groups excluding carboxylic acids is 1. The van der Waals surface area contributed by atoms with Gasteiger partial charge in [0.15, 0.2) is 0 Å². The van der Waals surface area contributed by atoms with Gasteiger partial charge in [-0.05, 0) is 49.2 Å². The summed E-state index contributed by atoms with van der Waals surface area (Å²) >= 11 is 6.10. The lowest BCUT2D eigenvalue weighted by atomic mass is 9.95. The van der Waals surface area contributed by atoms with Gasteiger partial charge in [0, 0.05) is 44.3 Å². The Morgan fingerprint density at radius 1 is 0.968 bits per heavy atom. The Bertz CT molecular complexity index is 1010. The largest absolute Gasteiger partial charge is 0.340 e. The van der Waals surface area contributed by atoms with Crippen molar-refractivity contribution < 1.29 is 13.2 Å². The molecule has 2 saturated heterocycles. The lowest BCUT2D eigenvalue weighted by molar-refractivity contribution is -0.138. The molecular formula is C23H28ClN3O3S. The second kappa shape index (κ2) is 9.69. The Morgan fingerprint density at radius 3 is 2.42 bits per heavy atom. The minimum absolute atomic E-state index is 0.0368. The molecule has 2 aromatic carbocycles. The molecule has 1 atom stereocenters. The monoisotopic (exact) mass is 461 g/mol. The van der Waals surface area contributed by atoms with Crippen LogP contribution in [0.1, 0.15) is 18.4 Å². The first-order valence-corrected chi connectivity index (χ1v) is 12.6. The molecule has 2 aliphatic heterocycles. The number of piperazine rings is 1. The third-order valence-electron chi connectivity index (χ3n) is 6.08. The van der Waals surface area contributed by atoms with Gasteiger partial charge in [-0.1, -0.05) is 41.9 Å². The minimum Gasteiger partial charge on any atom is -0.340 e. The number of carbonyl (C=O) groups is 1. The van der Waals surface area contributed by atoms with Crippen LogP contribution in [0.25, 0.3) is 0 Å². The summed E-state index contributed by atoms with van der Waals surface area (Å²) in [5, 5.41) is 0.727. The molecule has 1 amide bonds. The topological polar surface area (TPSA) is 60.9 Å². The first kappa shape index (κ1) is 22.3. The highest BCUT2D eigenvalue weighted by molar-refractivity contribution is 7.89. The van der Waals surface area contributed by atoms with Crippen LogP contribution >= 0.6 is 11.6 Å². The Balaban J connectivity index is 1.33. The maximum Gasteiger partial charge on any atom is 0.243 e. The molecule has 166 valence electrons. The van der Waals surface area contributed by atoms with Crippen LogP contribution in [0.3, 0.4) is 0 Å². The zero-order valence-electron chi connectivity index (χ0n) is 17.5. The van der Waals surface area contributed by atoms with E-state index in [-0.39, 0.29) is 11.8 Å². The summed E-state index contributed by atoms with van der Waals surface area (Å²) in [4.78, 5) is 17.6. The highest BCUT2D eigenvalue weighted by Gasteiger charge is 2.34. The molecule has 6 nitrogen and oxygen atoms in total. The summed E-state index contributed by atoms with van der Waals surface area (Å²) in [7, 11) is -3.51. The first-order chi connectivity index (χ1) is 14.9. The van der Waals surface area contributed by atoms with Crippen molar-refractivity contribution in [3.05, 3.63) is 65.2 Å². The van der Waals surface area contributed by atoms with Gasteiger partial charge >= 0.3 is 0 Å². The molecule has 2 aliphatic rings. The van der Waals surface area contributed by atoms with E-state index in [1.54, 1.807) is 30.3 Å². The van der Waals surface area contributed by atoms with Crippen molar-refractivity contribution in [3.63, 3.8) is 0 Å². The van der Waals surface area contributed by atoms with E-state index < -0.39 is 10.0 Å². The molecule has 0 aliphatic carbocycles. The van der Waals surface area contributed by atoms with Crippen molar-refractivity contribution in [1.82, 2.24) is 14.1 Å². The first-order valence-electron chi connectivity index (χ1n) is 10.7. The van der Waals surface area contributed by atoms with Crippen LogP contribution in [0.15, 0.2) is 59.5 Å². The van der Waals surface area contributed by atoms with Crippen molar-refractivity contribution >= 4 is 27.5 Å². The van der Waals surface area contributed by atoms with Crippen LogP contribution in [-0.4, -0.2) is 67.7 Å². The predicted molar refractivity (Wildman–Crippen MR) is 121 cm³/mol. The molecule has 4 rings (SSSR count). The van der Waals surface area contributed by atoms with Crippen LogP contribution in [0.4, 0.5) is 0 Å². The van der Waals surface area contributed by atoms with Gasteiger partial charge in [0.05, 0.1) is 10.8 Å². The average molecular weight is 462 g/mol. The van der Waals surface area contributed by atoms with Gasteiger partial charge in [0.25, 0.3) is 0 Å². The highest BCUT2D eigenvalue weighted by Crippen LogP contribution is 2.23. The van der Waals surface area contributed by atoms with E-state index in [9.17, 15) is 13.2 Å². The molecule has 0 saturated carbocycles. The second-order valence-corrected chi connectivity index (χ2v) is 10.6. The van der Waals surface area contributed by atoms with E-state index in [4.69, 9.17) is 11.6 Å². The van der Waals surface area contributed by atoms with Gasteiger partial charge in [-0.25, -0.2) is 8.42 Å². The number of sulfonamides is 1.